The summed E-state index contributed by atoms with van der Waals surface area (Å²) in [5.74, 6) is 0.736. The predicted molar refractivity (Wildman–Crippen MR) is 59.4 cm³/mol. The van der Waals surface area contributed by atoms with E-state index in [2.05, 4.69) is 39.5 Å². The third-order valence-corrected chi connectivity index (χ3v) is 1.67. The second-order valence-electron chi connectivity index (χ2n) is 3.36. The predicted octanol–water partition coefficient (Wildman–Crippen LogP) is 4.58. The van der Waals surface area contributed by atoms with Crippen molar-refractivity contribution in [1.29, 1.82) is 0 Å². The lowest BCUT2D eigenvalue weighted by Crippen LogP contribution is -1.86. The van der Waals surface area contributed by atoms with Gasteiger partial charge in [0.25, 0.3) is 0 Å². The Balaban J connectivity index is 0. The molecule has 0 radical (unpaired) electrons. The van der Waals surface area contributed by atoms with Gasteiger partial charge in [-0.2, -0.15) is 0 Å². The zero-order valence-corrected chi connectivity index (χ0v) is 8.06. The summed E-state index contributed by atoms with van der Waals surface area (Å²) in [6.07, 6.45) is 8.13. The number of hydrogen-bond acceptors (Lipinski definition) is 0. The molecule has 1 unspecified atom stereocenters. The molecule has 0 aromatic carbocycles. The molecule has 0 amide bonds. The van der Waals surface area contributed by atoms with E-state index in [-0.39, 0.29) is 7.43 Å². The molecule has 0 rings (SSSR count). The van der Waals surface area contributed by atoms with Crippen LogP contribution in [-0.2, 0) is 0 Å². The number of rotatable bonds is 5. The summed E-state index contributed by atoms with van der Waals surface area (Å²) in [5, 5.41) is 0. The van der Waals surface area contributed by atoms with E-state index in [0.29, 0.717) is 0 Å². The minimum absolute atomic E-state index is 0. The van der Waals surface area contributed by atoms with Crippen molar-refractivity contribution in [3.63, 3.8) is 0 Å². The Morgan fingerprint density at radius 2 is 2.08 bits per heavy atom. The normalized spacial score (nSPS) is 12.6. The molecule has 1 atom stereocenters. The van der Waals surface area contributed by atoms with Crippen LogP contribution in [0.2, 0.25) is 0 Å². The fourth-order valence-corrected chi connectivity index (χ4v) is 1.05. The number of allylic oxidation sites excluding steroid dienone is 3. The second-order valence-corrected chi connectivity index (χ2v) is 3.36. The third-order valence-electron chi connectivity index (χ3n) is 1.67. The molecule has 0 saturated heterocycles. The average molecular weight is 168 g/mol. The first-order valence-corrected chi connectivity index (χ1v) is 4.47. The second kappa shape index (κ2) is 8.58. The molecule has 0 aromatic heterocycles. The first-order chi connectivity index (χ1) is 5.16. The van der Waals surface area contributed by atoms with Gasteiger partial charge in [-0.3, -0.25) is 0 Å². The molecule has 0 nitrogen and oxygen atoms in total. The highest BCUT2D eigenvalue weighted by Crippen LogP contribution is 2.07. The minimum Gasteiger partial charge on any atom is -0.0998 e. The Hall–Kier alpha value is -0.520. The van der Waals surface area contributed by atoms with Crippen LogP contribution in [0, 0.1) is 5.92 Å². The van der Waals surface area contributed by atoms with Gasteiger partial charge in [0.1, 0.15) is 0 Å². The molecular weight excluding hydrogens is 144 g/mol. The average Bonchev–Trinajstić information content (AvgIpc) is 1.87. The van der Waals surface area contributed by atoms with Crippen molar-refractivity contribution < 1.29 is 0 Å². The summed E-state index contributed by atoms with van der Waals surface area (Å²) in [6, 6.07) is 0. The molecule has 0 heterocycles. The maximum atomic E-state index is 3.85. The molecule has 0 aliphatic heterocycles. The molecule has 12 heavy (non-hydrogen) atoms. The van der Waals surface area contributed by atoms with Crippen LogP contribution in [0.4, 0.5) is 0 Å². The SMILES string of the molecule is C.C=C(C)C/C=C\C(C)CCC. The van der Waals surface area contributed by atoms with E-state index in [1.165, 1.54) is 18.4 Å². The van der Waals surface area contributed by atoms with Crippen molar-refractivity contribution in [2.75, 3.05) is 0 Å². The minimum atomic E-state index is 0. The molecule has 0 bridgehead atoms. The van der Waals surface area contributed by atoms with E-state index in [4.69, 9.17) is 0 Å². The molecule has 0 fully saturated rings. The molecule has 0 aromatic rings. The fourth-order valence-electron chi connectivity index (χ4n) is 1.05. The van der Waals surface area contributed by atoms with Crippen molar-refractivity contribution >= 4 is 0 Å². The van der Waals surface area contributed by atoms with Crippen molar-refractivity contribution in [2.24, 2.45) is 5.92 Å². The maximum absolute atomic E-state index is 3.85. The molecule has 72 valence electrons. The highest BCUT2D eigenvalue weighted by atomic mass is 14.0. The Morgan fingerprint density at radius 1 is 1.50 bits per heavy atom. The molecule has 0 N–H and O–H groups in total. The van der Waals surface area contributed by atoms with Crippen LogP contribution < -0.4 is 0 Å². The highest BCUT2D eigenvalue weighted by Gasteiger charge is 1.92. The molecule has 0 heteroatoms. The topological polar surface area (TPSA) is 0 Å². The Kier molecular flexibility index (Phi) is 10.0. The van der Waals surface area contributed by atoms with E-state index in [0.717, 1.165) is 12.3 Å². The Labute approximate surface area is 78.4 Å². The zero-order chi connectivity index (χ0) is 8.69. The molecule has 0 spiro atoms. The molecule has 0 aliphatic rings. The lowest BCUT2D eigenvalue weighted by atomic mass is 10.0. The van der Waals surface area contributed by atoms with Gasteiger partial charge in [-0.15, -0.1) is 0 Å². The van der Waals surface area contributed by atoms with E-state index in [9.17, 15) is 0 Å². The number of hydrogen-bond donors (Lipinski definition) is 0. The summed E-state index contributed by atoms with van der Waals surface area (Å²) in [5.41, 5.74) is 1.24. The summed E-state index contributed by atoms with van der Waals surface area (Å²) >= 11 is 0. The lowest BCUT2D eigenvalue weighted by molar-refractivity contribution is 0.633. The summed E-state index contributed by atoms with van der Waals surface area (Å²) < 4.78 is 0. The van der Waals surface area contributed by atoms with Gasteiger partial charge >= 0.3 is 0 Å². The summed E-state index contributed by atoms with van der Waals surface area (Å²) in [4.78, 5) is 0. The van der Waals surface area contributed by atoms with Gasteiger partial charge in [-0.1, -0.05) is 52.0 Å². The van der Waals surface area contributed by atoms with Crippen molar-refractivity contribution in [3.8, 4) is 0 Å². The smallest absolute Gasteiger partial charge is 0.0144 e. The van der Waals surface area contributed by atoms with Crippen LogP contribution in [0.15, 0.2) is 24.3 Å². The molecule has 0 aliphatic carbocycles. The lowest BCUT2D eigenvalue weighted by Gasteiger charge is -2.01. The van der Waals surface area contributed by atoms with Gasteiger partial charge in [0.15, 0.2) is 0 Å². The van der Waals surface area contributed by atoms with Crippen LogP contribution in [0.5, 0.6) is 0 Å². The zero-order valence-electron chi connectivity index (χ0n) is 8.06. The van der Waals surface area contributed by atoms with E-state index in [1.807, 2.05) is 0 Å². The molecule has 0 saturated carbocycles. The van der Waals surface area contributed by atoms with Crippen LogP contribution in [0.1, 0.15) is 47.5 Å². The van der Waals surface area contributed by atoms with Crippen LogP contribution >= 0.6 is 0 Å². The largest absolute Gasteiger partial charge is 0.0998 e. The van der Waals surface area contributed by atoms with E-state index < -0.39 is 0 Å². The fraction of sp³-hybridized carbons (Fsp3) is 0.667. The third kappa shape index (κ3) is 9.48. The summed E-state index contributed by atoms with van der Waals surface area (Å²) in [7, 11) is 0. The first kappa shape index (κ1) is 14.0. The Morgan fingerprint density at radius 3 is 2.50 bits per heavy atom. The van der Waals surface area contributed by atoms with Gasteiger partial charge in [-0.05, 0) is 25.7 Å². The van der Waals surface area contributed by atoms with Crippen molar-refractivity contribution in [2.45, 2.75) is 47.5 Å². The highest BCUT2D eigenvalue weighted by molar-refractivity contribution is 4.99. The molecular formula is C12H24. The maximum Gasteiger partial charge on any atom is -0.0144 e. The van der Waals surface area contributed by atoms with Crippen molar-refractivity contribution in [1.82, 2.24) is 0 Å². The van der Waals surface area contributed by atoms with Gasteiger partial charge in [0.05, 0.1) is 0 Å². The van der Waals surface area contributed by atoms with Crippen LogP contribution in [0.3, 0.4) is 0 Å². The van der Waals surface area contributed by atoms with Crippen molar-refractivity contribution in [3.05, 3.63) is 24.3 Å². The monoisotopic (exact) mass is 168 g/mol. The van der Waals surface area contributed by atoms with Gasteiger partial charge in [0, 0.05) is 0 Å². The van der Waals surface area contributed by atoms with Crippen LogP contribution in [-0.4, -0.2) is 0 Å². The van der Waals surface area contributed by atoms with Gasteiger partial charge in [0.2, 0.25) is 0 Å². The van der Waals surface area contributed by atoms with Gasteiger partial charge in [-0.25, -0.2) is 0 Å². The first-order valence-electron chi connectivity index (χ1n) is 4.47. The van der Waals surface area contributed by atoms with Crippen LogP contribution in [0.25, 0.3) is 0 Å². The Bertz CT molecular complexity index is 131. The van der Waals surface area contributed by atoms with E-state index >= 15 is 0 Å². The van der Waals surface area contributed by atoms with Gasteiger partial charge < -0.3 is 0 Å². The standard InChI is InChI=1S/C11H20.CH4/c1-5-7-11(4)9-6-8-10(2)3;/h6,9,11H,2,5,7-8H2,1,3-4H3;1H4/b9-6-;. The summed E-state index contributed by atoms with van der Waals surface area (Å²) in [6.45, 7) is 10.4. The van der Waals surface area contributed by atoms with E-state index in [1.54, 1.807) is 0 Å². The quantitative estimate of drug-likeness (QED) is 0.527.